The molecule has 2 aromatic carbocycles. The Kier molecular flexibility index (Phi) is 6.12. The van der Waals surface area contributed by atoms with Gasteiger partial charge in [-0.15, -0.1) is 0 Å². The van der Waals surface area contributed by atoms with E-state index in [-0.39, 0.29) is 22.6 Å². The van der Waals surface area contributed by atoms with Gasteiger partial charge in [-0.3, -0.25) is 19.0 Å². The molecule has 0 atom stereocenters. The van der Waals surface area contributed by atoms with Crippen molar-refractivity contribution in [3.05, 3.63) is 76.2 Å². The standard InChI is InChI=1S/C21H24N4O4S/c1-4-13-30(28,29)23-17-10-8-9-16(14-17)20(26)22-19-15(2)24(3)25(21(19)27)18-11-6-5-7-12-18/h5-12,14,23H,4,13H2,1-3H3,(H,22,26). The number of sulfonamides is 1. The van der Waals surface area contributed by atoms with Gasteiger partial charge in [0.05, 0.1) is 17.1 Å². The van der Waals surface area contributed by atoms with Gasteiger partial charge in [-0.2, -0.15) is 0 Å². The number of para-hydroxylation sites is 1. The molecule has 158 valence electrons. The summed E-state index contributed by atoms with van der Waals surface area (Å²) >= 11 is 0. The number of carbonyl (C=O) groups excluding carboxylic acids is 1. The number of amides is 1. The van der Waals surface area contributed by atoms with E-state index < -0.39 is 15.9 Å². The van der Waals surface area contributed by atoms with Crippen LogP contribution in [0.2, 0.25) is 0 Å². The Labute approximate surface area is 175 Å². The fraction of sp³-hybridized carbons (Fsp3) is 0.238. The van der Waals surface area contributed by atoms with Crippen LogP contribution in [-0.2, 0) is 17.1 Å². The third-order valence-electron chi connectivity index (χ3n) is 4.66. The zero-order valence-electron chi connectivity index (χ0n) is 17.0. The van der Waals surface area contributed by atoms with E-state index in [1.807, 2.05) is 18.2 Å². The van der Waals surface area contributed by atoms with Crippen LogP contribution in [0.25, 0.3) is 5.69 Å². The van der Waals surface area contributed by atoms with Crippen LogP contribution in [0.3, 0.4) is 0 Å². The van der Waals surface area contributed by atoms with Crippen LogP contribution in [0.1, 0.15) is 29.4 Å². The van der Waals surface area contributed by atoms with Gasteiger partial charge in [0.1, 0.15) is 5.69 Å². The zero-order valence-corrected chi connectivity index (χ0v) is 17.9. The molecule has 0 saturated carbocycles. The lowest BCUT2D eigenvalue weighted by atomic mass is 10.2. The maximum Gasteiger partial charge on any atom is 0.295 e. The largest absolute Gasteiger partial charge is 0.316 e. The fourth-order valence-electron chi connectivity index (χ4n) is 3.12. The second-order valence-electron chi connectivity index (χ2n) is 6.89. The van der Waals surface area contributed by atoms with E-state index >= 15 is 0 Å². The summed E-state index contributed by atoms with van der Waals surface area (Å²) in [4.78, 5) is 25.7. The van der Waals surface area contributed by atoms with Crippen molar-refractivity contribution in [3.8, 4) is 5.69 Å². The Hall–Kier alpha value is -3.33. The smallest absolute Gasteiger partial charge is 0.295 e. The highest BCUT2D eigenvalue weighted by Gasteiger charge is 2.19. The van der Waals surface area contributed by atoms with Crippen LogP contribution in [0.4, 0.5) is 11.4 Å². The molecule has 9 heteroatoms. The number of carbonyl (C=O) groups is 1. The predicted molar refractivity (Wildman–Crippen MR) is 118 cm³/mol. The van der Waals surface area contributed by atoms with Crippen LogP contribution in [0.5, 0.6) is 0 Å². The average molecular weight is 429 g/mol. The molecule has 0 radical (unpaired) electrons. The zero-order chi connectivity index (χ0) is 21.9. The molecule has 3 rings (SSSR count). The van der Waals surface area contributed by atoms with E-state index in [4.69, 9.17) is 0 Å². The number of benzene rings is 2. The number of rotatable bonds is 7. The highest BCUT2D eigenvalue weighted by atomic mass is 32.2. The summed E-state index contributed by atoms with van der Waals surface area (Å²) in [6, 6.07) is 15.3. The highest BCUT2D eigenvalue weighted by molar-refractivity contribution is 7.92. The first-order chi connectivity index (χ1) is 14.2. The maximum absolute atomic E-state index is 12.9. The summed E-state index contributed by atoms with van der Waals surface area (Å²) in [5.41, 5.74) is 1.62. The van der Waals surface area contributed by atoms with Crippen molar-refractivity contribution in [3.63, 3.8) is 0 Å². The van der Waals surface area contributed by atoms with E-state index in [0.29, 0.717) is 23.5 Å². The molecule has 3 aromatic rings. The summed E-state index contributed by atoms with van der Waals surface area (Å²) in [5, 5.41) is 2.67. The summed E-state index contributed by atoms with van der Waals surface area (Å²) in [6.45, 7) is 3.51. The van der Waals surface area contributed by atoms with Crippen LogP contribution < -0.4 is 15.6 Å². The van der Waals surface area contributed by atoms with Gasteiger partial charge >= 0.3 is 0 Å². The summed E-state index contributed by atoms with van der Waals surface area (Å²) in [5.74, 6) is -0.511. The first kappa shape index (κ1) is 21.4. The third-order valence-corrected chi connectivity index (χ3v) is 6.16. The van der Waals surface area contributed by atoms with Gasteiger partial charge < -0.3 is 5.32 Å². The van der Waals surface area contributed by atoms with Gasteiger partial charge in [0.2, 0.25) is 10.0 Å². The molecule has 0 aliphatic rings. The number of nitrogens with one attached hydrogen (secondary N) is 2. The number of aromatic nitrogens is 2. The topological polar surface area (TPSA) is 102 Å². The van der Waals surface area contributed by atoms with Gasteiger partial charge in [0, 0.05) is 18.3 Å². The Balaban J connectivity index is 1.89. The van der Waals surface area contributed by atoms with Crippen molar-refractivity contribution >= 4 is 27.3 Å². The van der Waals surface area contributed by atoms with Crippen LogP contribution in [-0.4, -0.2) is 29.4 Å². The van der Waals surface area contributed by atoms with E-state index in [2.05, 4.69) is 10.0 Å². The van der Waals surface area contributed by atoms with Gasteiger partial charge in [-0.1, -0.05) is 31.2 Å². The van der Waals surface area contributed by atoms with Gasteiger partial charge in [0.15, 0.2) is 0 Å². The van der Waals surface area contributed by atoms with Gasteiger partial charge in [-0.05, 0) is 43.7 Å². The predicted octanol–water partition coefficient (Wildman–Crippen LogP) is 2.89. The normalized spacial score (nSPS) is 11.3. The van der Waals surface area contributed by atoms with E-state index in [1.165, 1.54) is 10.7 Å². The van der Waals surface area contributed by atoms with Crippen molar-refractivity contribution in [2.75, 3.05) is 15.8 Å². The lowest BCUT2D eigenvalue weighted by Gasteiger charge is -2.09. The molecule has 0 aliphatic carbocycles. The molecule has 0 spiro atoms. The average Bonchev–Trinajstić information content (AvgIpc) is 2.91. The molecular weight excluding hydrogens is 404 g/mol. The fourth-order valence-corrected chi connectivity index (χ4v) is 4.25. The minimum Gasteiger partial charge on any atom is -0.316 e. The molecule has 0 fully saturated rings. The molecule has 0 unspecified atom stereocenters. The number of hydrogen-bond donors (Lipinski definition) is 2. The van der Waals surface area contributed by atoms with Crippen LogP contribution in [0, 0.1) is 6.92 Å². The molecule has 1 aromatic heterocycles. The molecule has 8 nitrogen and oxygen atoms in total. The second-order valence-corrected chi connectivity index (χ2v) is 8.73. The molecule has 1 amide bonds. The molecule has 0 aliphatic heterocycles. The van der Waals surface area contributed by atoms with Crippen molar-refractivity contribution < 1.29 is 13.2 Å². The van der Waals surface area contributed by atoms with Crippen LogP contribution in [0.15, 0.2) is 59.4 Å². The number of nitrogens with zero attached hydrogens (tertiary/aromatic N) is 2. The third kappa shape index (κ3) is 4.46. The molecule has 0 saturated heterocycles. The summed E-state index contributed by atoms with van der Waals surface area (Å²) in [7, 11) is -1.73. The quantitative estimate of drug-likeness (QED) is 0.604. The molecule has 1 heterocycles. The van der Waals surface area contributed by atoms with Crippen LogP contribution >= 0.6 is 0 Å². The number of anilines is 2. The first-order valence-corrected chi connectivity index (χ1v) is 11.1. The van der Waals surface area contributed by atoms with Crippen molar-refractivity contribution in [2.45, 2.75) is 20.3 Å². The Morgan fingerprint density at radius 3 is 2.43 bits per heavy atom. The van der Waals surface area contributed by atoms with Gasteiger partial charge in [0.25, 0.3) is 11.5 Å². The van der Waals surface area contributed by atoms with Crippen molar-refractivity contribution in [1.29, 1.82) is 0 Å². The Morgan fingerprint density at radius 1 is 1.07 bits per heavy atom. The van der Waals surface area contributed by atoms with E-state index in [9.17, 15) is 18.0 Å². The Morgan fingerprint density at radius 2 is 1.77 bits per heavy atom. The minimum atomic E-state index is -3.47. The maximum atomic E-state index is 12.9. The second kappa shape index (κ2) is 8.58. The summed E-state index contributed by atoms with van der Waals surface area (Å²) in [6.07, 6.45) is 0.483. The lowest BCUT2D eigenvalue weighted by Crippen LogP contribution is -2.23. The first-order valence-electron chi connectivity index (χ1n) is 9.49. The van der Waals surface area contributed by atoms with Gasteiger partial charge in [-0.25, -0.2) is 13.1 Å². The lowest BCUT2D eigenvalue weighted by molar-refractivity contribution is 0.102. The highest BCUT2D eigenvalue weighted by Crippen LogP contribution is 2.17. The van der Waals surface area contributed by atoms with Crippen molar-refractivity contribution in [2.24, 2.45) is 7.05 Å². The van der Waals surface area contributed by atoms with E-state index in [1.54, 1.807) is 55.9 Å². The summed E-state index contributed by atoms with van der Waals surface area (Å²) < 4.78 is 29.6. The molecule has 2 N–H and O–H groups in total. The number of hydrogen-bond acceptors (Lipinski definition) is 4. The minimum absolute atomic E-state index is 0.00827. The molecule has 0 bridgehead atoms. The SMILES string of the molecule is CCCS(=O)(=O)Nc1cccc(C(=O)Nc2c(C)n(C)n(-c3ccccc3)c2=O)c1. The molecule has 30 heavy (non-hydrogen) atoms. The van der Waals surface area contributed by atoms with Crippen molar-refractivity contribution in [1.82, 2.24) is 9.36 Å². The molecular formula is C21H24N4O4S. The Bertz CT molecular complexity index is 1230. The van der Waals surface area contributed by atoms with E-state index in [0.717, 1.165) is 0 Å². The monoisotopic (exact) mass is 428 g/mol.